The number of hydrogen-bond acceptors (Lipinski definition) is 12. The molecular formula is C51H56F2N10O5S. The molecule has 18 heteroatoms. The van der Waals surface area contributed by atoms with Crippen LogP contribution in [0.3, 0.4) is 0 Å². The number of nitrogens with zero attached hydrogens (tertiary/aromatic N) is 7. The maximum Gasteiger partial charge on any atom is 0.266 e. The molecule has 3 aromatic heterocycles. The summed E-state index contributed by atoms with van der Waals surface area (Å²) in [7, 11) is 0. The number of aromatic nitrogens is 3. The topological polar surface area (TPSA) is 197 Å². The summed E-state index contributed by atoms with van der Waals surface area (Å²) in [6.07, 6.45) is 1.57. The van der Waals surface area contributed by atoms with Crippen molar-refractivity contribution >= 4 is 52.4 Å². The van der Waals surface area contributed by atoms with Crippen molar-refractivity contribution in [3.05, 3.63) is 118 Å². The standard InChI is InChI=1S/C51H56F2N10O5S/c1-30(33-6-8-35(9-7-33)44-31(2)56-29-69-44)57-47(66)40-25-39(64)27-63(40)49(68)45(50(3,4)5)60-46(65)36-10-12-37(13-11-36)48(67)61-19-15-34(16-20-61)38-23-42(58-41-22-32(26-54)14-18-55-41)59-43(24-38)62-21-17-51(52,53)28-62/h6-14,18,22-24,29-30,34,39-40,45,64H,15-17,19-21,25,27-28H2,1-5H3,(H,57,66)(H,60,65)(H,55,58,59)/t30-,39+,40-,45+/m0/s1. The van der Waals surface area contributed by atoms with Gasteiger partial charge in [0.25, 0.3) is 17.7 Å². The van der Waals surface area contributed by atoms with Crippen LogP contribution in [0.5, 0.6) is 0 Å². The highest BCUT2D eigenvalue weighted by Crippen LogP contribution is 2.36. The van der Waals surface area contributed by atoms with E-state index in [2.05, 4.69) is 37.0 Å². The molecule has 0 unspecified atom stereocenters. The van der Waals surface area contributed by atoms with Crippen molar-refractivity contribution < 1.29 is 33.1 Å². The number of nitrogens with one attached hydrogen (secondary N) is 3. The molecule has 4 amide bonds. The average Bonchev–Trinajstić information content (AvgIpc) is 4.06. The summed E-state index contributed by atoms with van der Waals surface area (Å²) in [4.78, 5) is 74.7. The van der Waals surface area contributed by atoms with E-state index in [9.17, 15) is 38.3 Å². The second-order valence-electron chi connectivity index (χ2n) is 19.3. The van der Waals surface area contributed by atoms with E-state index < -0.39 is 53.8 Å². The Kier molecular flexibility index (Phi) is 14.1. The van der Waals surface area contributed by atoms with Crippen molar-refractivity contribution in [2.75, 3.05) is 42.9 Å². The number of aliphatic hydroxyl groups is 1. The van der Waals surface area contributed by atoms with E-state index in [4.69, 9.17) is 0 Å². The zero-order valence-corrected chi connectivity index (χ0v) is 40.0. The summed E-state index contributed by atoms with van der Waals surface area (Å²) < 4.78 is 28.6. The van der Waals surface area contributed by atoms with E-state index in [0.29, 0.717) is 54.5 Å². The van der Waals surface area contributed by atoms with E-state index in [-0.39, 0.29) is 49.4 Å². The van der Waals surface area contributed by atoms with Gasteiger partial charge in [0, 0.05) is 56.3 Å². The number of aryl methyl sites for hydroxylation is 1. The third-order valence-corrected chi connectivity index (χ3v) is 14.1. The highest BCUT2D eigenvalue weighted by atomic mass is 32.1. The smallest absolute Gasteiger partial charge is 0.266 e. The zero-order valence-electron chi connectivity index (χ0n) is 39.2. The first-order chi connectivity index (χ1) is 32.8. The fourth-order valence-corrected chi connectivity index (χ4v) is 10.0. The molecule has 8 rings (SSSR count). The number of anilines is 3. The minimum Gasteiger partial charge on any atom is -0.391 e. The maximum absolute atomic E-state index is 14.3. The Balaban J connectivity index is 0.888. The minimum absolute atomic E-state index is 0.00191. The third-order valence-electron chi connectivity index (χ3n) is 13.2. The summed E-state index contributed by atoms with van der Waals surface area (Å²) in [6, 6.07) is 20.7. The Morgan fingerprint density at radius 3 is 2.28 bits per heavy atom. The predicted molar refractivity (Wildman–Crippen MR) is 258 cm³/mol. The molecule has 2 aromatic carbocycles. The molecule has 5 aromatic rings. The van der Waals surface area contributed by atoms with Crippen molar-refractivity contribution in [1.82, 2.24) is 35.4 Å². The van der Waals surface area contributed by atoms with Crippen LogP contribution >= 0.6 is 11.3 Å². The van der Waals surface area contributed by atoms with Gasteiger partial charge in [-0.3, -0.25) is 19.2 Å². The van der Waals surface area contributed by atoms with E-state index in [1.54, 1.807) is 50.9 Å². The van der Waals surface area contributed by atoms with Gasteiger partial charge in [0.15, 0.2) is 0 Å². The lowest BCUT2D eigenvalue weighted by atomic mass is 9.85. The molecule has 69 heavy (non-hydrogen) atoms. The molecular weight excluding hydrogens is 903 g/mol. The Hall–Kier alpha value is -6.84. The number of hydrogen-bond donors (Lipinski definition) is 4. The van der Waals surface area contributed by atoms with Crippen molar-refractivity contribution in [1.29, 1.82) is 5.26 Å². The molecule has 3 fully saturated rings. The second-order valence-corrected chi connectivity index (χ2v) is 20.1. The van der Waals surface area contributed by atoms with E-state index in [1.165, 1.54) is 23.2 Å². The lowest BCUT2D eigenvalue weighted by Crippen LogP contribution is -2.57. The number of nitriles is 1. The van der Waals surface area contributed by atoms with Gasteiger partial charge in [-0.05, 0) is 103 Å². The van der Waals surface area contributed by atoms with Crippen molar-refractivity contribution in [2.45, 2.75) is 96.4 Å². The van der Waals surface area contributed by atoms with Crippen LogP contribution in [0.15, 0.2) is 84.5 Å². The number of piperidine rings is 1. The Morgan fingerprint density at radius 2 is 1.64 bits per heavy atom. The summed E-state index contributed by atoms with van der Waals surface area (Å²) in [5.41, 5.74) is 5.78. The number of halogens is 2. The van der Waals surface area contributed by atoms with Gasteiger partial charge >= 0.3 is 0 Å². The van der Waals surface area contributed by atoms with Gasteiger partial charge in [-0.1, -0.05) is 45.0 Å². The van der Waals surface area contributed by atoms with Crippen molar-refractivity contribution in [3.8, 4) is 16.5 Å². The number of β-amino-alcohol motifs (C(OH)–C–C–N with tert-alkyl or cyclic N) is 1. The Bertz CT molecular complexity index is 2750. The molecule has 0 aliphatic carbocycles. The van der Waals surface area contributed by atoms with Gasteiger partial charge in [-0.2, -0.15) is 5.26 Å². The summed E-state index contributed by atoms with van der Waals surface area (Å²) in [5.74, 6) is -3.24. The molecule has 0 bridgehead atoms. The first-order valence-electron chi connectivity index (χ1n) is 23.1. The number of likely N-dealkylation sites (tertiary alicyclic amines) is 2. The van der Waals surface area contributed by atoms with E-state index in [1.807, 2.05) is 71.0 Å². The van der Waals surface area contributed by atoms with Crippen LogP contribution in [0.1, 0.15) is 108 Å². The molecule has 6 heterocycles. The van der Waals surface area contributed by atoms with E-state index >= 15 is 0 Å². The van der Waals surface area contributed by atoms with Crippen LogP contribution in [-0.4, -0.2) is 110 Å². The monoisotopic (exact) mass is 958 g/mol. The number of alkyl halides is 2. The van der Waals surface area contributed by atoms with Crippen LogP contribution in [0.25, 0.3) is 10.4 Å². The molecule has 0 spiro atoms. The number of pyridine rings is 2. The van der Waals surface area contributed by atoms with Crippen LogP contribution in [0, 0.1) is 23.7 Å². The van der Waals surface area contributed by atoms with Crippen molar-refractivity contribution in [3.63, 3.8) is 0 Å². The molecule has 15 nitrogen and oxygen atoms in total. The number of thiazole rings is 1. The number of aliphatic hydroxyl groups excluding tert-OH is 1. The Labute approximate surface area is 404 Å². The molecule has 4 N–H and O–H groups in total. The van der Waals surface area contributed by atoms with Gasteiger partial charge in [-0.15, -0.1) is 11.3 Å². The molecule has 3 aliphatic heterocycles. The highest BCUT2D eigenvalue weighted by molar-refractivity contribution is 7.13. The van der Waals surface area contributed by atoms with Gasteiger partial charge < -0.3 is 35.8 Å². The second kappa shape index (κ2) is 20.0. The van der Waals surface area contributed by atoms with Gasteiger partial charge in [0.05, 0.1) is 46.4 Å². The summed E-state index contributed by atoms with van der Waals surface area (Å²) >= 11 is 1.56. The molecule has 4 atom stereocenters. The number of amides is 4. The zero-order chi connectivity index (χ0) is 49.2. The SMILES string of the molecule is Cc1ncsc1-c1ccc([C@H](C)NC(=O)[C@@H]2C[C@@H](O)CN2C(=O)[C@@H](NC(=O)c2ccc(C(=O)N3CCC(c4cc(Nc5cc(C#N)ccn5)nc(N5CCC(F)(F)C5)c4)CC3)cc2)C(C)(C)C)cc1. The van der Waals surface area contributed by atoms with Crippen molar-refractivity contribution in [2.24, 2.45) is 5.41 Å². The minimum atomic E-state index is -2.82. The van der Waals surface area contributed by atoms with Crippen LogP contribution in [0.2, 0.25) is 0 Å². The fraction of sp³-hybridized carbons (Fsp3) is 0.412. The quantitative estimate of drug-likeness (QED) is 0.0975. The number of rotatable bonds is 12. The van der Waals surface area contributed by atoms with Crippen LogP contribution < -0.4 is 20.9 Å². The third kappa shape index (κ3) is 11.2. The highest BCUT2D eigenvalue weighted by Gasteiger charge is 2.45. The number of carbonyl (C=O) groups excluding carboxylic acids is 4. The molecule has 3 saturated heterocycles. The molecule has 0 radical (unpaired) electrons. The Morgan fingerprint density at radius 1 is 0.928 bits per heavy atom. The van der Waals surface area contributed by atoms with Crippen LogP contribution in [0.4, 0.5) is 26.2 Å². The predicted octanol–water partition coefficient (Wildman–Crippen LogP) is 7.37. The normalized spacial score (nSPS) is 19.1. The lowest BCUT2D eigenvalue weighted by molar-refractivity contribution is -0.142. The van der Waals surface area contributed by atoms with Gasteiger partial charge in [0.2, 0.25) is 11.8 Å². The first-order valence-corrected chi connectivity index (χ1v) is 24.0. The van der Waals surface area contributed by atoms with Gasteiger partial charge in [0.1, 0.15) is 29.5 Å². The fourth-order valence-electron chi connectivity index (χ4n) is 9.22. The lowest BCUT2D eigenvalue weighted by Gasteiger charge is -2.35. The van der Waals surface area contributed by atoms with E-state index in [0.717, 1.165) is 27.3 Å². The summed E-state index contributed by atoms with van der Waals surface area (Å²) in [5, 5.41) is 29.1. The largest absolute Gasteiger partial charge is 0.391 e. The number of benzene rings is 2. The molecule has 3 aliphatic rings. The first kappa shape index (κ1) is 48.6. The number of carbonyl (C=O) groups is 4. The average molecular weight is 959 g/mol. The van der Waals surface area contributed by atoms with Crippen LogP contribution in [-0.2, 0) is 9.59 Å². The maximum atomic E-state index is 14.3. The summed E-state index contributed by atoms with van der Waals surface area (Å²) in [6.45, 7) is 9.77. The molecule has 0 saturated carbocycles. The van der Waals surface area contributed by atoms with Gasteiger partial charge in [-0.25, -0.2) is 23.7 Å². The molecule has 360 valence electrons.